The van der Waals surface area contributed by atoms with Crippen LogP contribution in [0.1, 0.15) is 35.1 Å². The molecule has 3 unspecified atom stereocenters. The van der Waals surface area contributed by atoms with Gasteiger partial charge in [-0.25, -0.2) is 4.39 Å². The third kappa shape index (κ3) is 7.90. The zero-order valence-electron chi connectivity index (χ0n) is 23.5. The fourth-order valence-corrected chi connectivity index (χ4v) is 6.84. The number of nitrogens with zero attached hydrogens (tertiary/aromatic N) is 1. The predicted molar refractivity (Wildman–Crippen MR) is 169 cm³/mol. The SMILES string of the molecule is CN(C)Cc1cc(F)ccc1Pc1cc(CC2C=CC=CC2)cc(CC2C=CC=CC2)c1OCc1ccccc1. The first kappa shape index (κ1) is 28.3. The van der Waals surface area contributed by atoms with Crippen LogP contribution < -0.4 is 15.3 Å². The fourth-order valence-electron chi connectivity index (χ4n) is 5.47. The highest BCUT2D eigenvalue weighted by Gasteiger charge is 2.20. The Labute approximate surface area is 240 Å². The summed E-state index contributed by atoms with van der Waals surface area (Å²) < 4.78 is 21.0. The number of ether oxygens (including phenoxy) is 1. The number of hydrogen-bond acceptors (Lipinski definition) is 2. The van der Waals surface area contributed by atoms with Crippen LogP contribution in [0.3, 0.4) is 0 Å². The van der Waals surface area contributed by atoms with Gasteiger partial charge in [0.05, 0.1) is 0 Å². The van der Waals surface area contributed by atoms with E-state index in [4.69, 9.17) is 4.74 Å². The van der Waals surface area contributed by atoms with Gasteiger partial charge in [0.15, 0.2) is 0 Å². The maximum absolute atomic E-state index is 14.3. The van der Waals surface area contributed by atoms with Crippen molar-refractivity contribution in [3.63, 3.8) is 0 Å². The van der Waals surface area contributed by atoms with Crippen LogP contribution in [-0.4, -0.2) is 19.0 Å². The van der Waals surface area contributed by atoms with Crippen LogP contribution in [0.5, 0.6) is 5.75 Å². The first-order valence-corrected chi connectivity index (χ1v) is 15.2. The van der Waals surface area contributed by atoms with Crippen molar-refractivity contribution in [2.75, 3.05) is 14.1 Å². The molecule has 3 atom stereocenters. The van der Waals surface area contributed by atoms with E-state index in [0.29, 0.717) is 33.6 Å². The Hall–Kier alpha value is -3.26. The van der Waals surface area contributed by atoms with Gasteiger partial charge in [-0.2, -0.15) is 0 Å². The molecule has 0 heterocycles. The summed E-state index contributed by atoms with van der Waals surface area (Å²) in [5.74, 6) is 1.75. The molecule has 5 rings (SSSR count). The van der Waals surface area contributed by atoms with Crippen molar-refractivity contribution in [1.29, 1.82) is 0 Å². The van der Waals surface area contributed by atoms with Crippen molar-refractivity contribution in [1.82, 2.24) is 4.90 Å². The number of rotatable bonds is 11. The summed E-state index contributed by atoms with van der Waals surface area (Å²) in [7, 11) is 4.43. The molecule has 0 spiro atoms. The van der Waals surface area contributed by atoms with Crippen molar-refractivity contribution < 1.29 is 9.13 Å². The monoisotopic (exact) mass is 551 g/mol. The lowest BCUT2D eigenvalue weighted by Crippen LogP contribution is -2.20. The number of benzene rings is 3. The van der Waals surface area contributed by atoms with E-state index in [-0.39, 0.29) is 5.82 Å². The van der Waals surface area contributed by atoms with Gasteiger partial charge in [-0.3, -0.25) is 0 Å². The van der Waals surface area contributed by atoms with E-state index in [1.807, 2.05) is 26.2 Å². The third-order valence-corrected chi connectivity index (χ3v) is 8.79. The van der Waals surface area contributed by atoms with Gasteiger partial charge in [-0.05, 0) is 97.4 Å². The minimum Gasteiger partial charge on any atom is -0.488 e. The molecule has 206 valence electrons. The topological polar surface area (TPSA) is 12.5 Å². The highest BCUT2D eigenvalue weighted by atomic mass is 31.1. The zero-order valence-corrected chi connectivity index (χ0v) is 24.5. The second kappa shape index (κ2) is 13.9. The molecule has 3 aromatic rings. The molecule has 0 bridgehead atoms. The largest absolute Gasteiger partial charge is 0.488 e. The molecular formula is C36H39FNOP. The van der Waals surface area contributed by atoms with E-state index >= 15 is 0 Å². The van der Waals surface area contributed by atoms with Crippen LogP contribution in [0.25, 0.3) is 0 Å². The van der Waals surface area contributed by atoms with Crippen molar-refractivity contribution >= 4 is 19.2 Å². The summed E-state index contributed by atoms with van der Waals surface area (Å²) >= 11 is 0. The average molecular weight is 552 g/mol. The Morgan fingerprint density at radius 1 is 0.775 bits per heavy atom. The Balaban J connectivity index is 1.55. The zero-order chi connectivity index (χ0) is 27.7. The molecule has 0 fully saturated rings. The molecule has 0 aromatic heterocycles. The van der Waals surface area contributed by atoms with Crippen molar-refractivity contribution in [3.05, 3.63) is 137 Å². The second-order valence-electron chi connectivity index (χ2n) is 11.1. The van der Waals surface area contributed by atoms with Crippen LogP contribution >= 0.6 is 8.58 Å². The summed E-state index contributed by atoms with van der Waals surface area (Å²) in [4.78, 5) is 2.10. The van der Waals surface area contributed by atoms with Crippen LogP contribution in [0.15, 0.2) is 109 Å². The number of hydrogen-bond donors (Lipinski definition) is 0. The van der Waals surface area contributed by atoms with E-state index in [1.54, 1.807) is 12.1 Å². The third-order valence-electron chi connectivity index (χ3n) is 7.39. The van der Waals surface area contributed by atoms with E-state index in [1.165, 1.54) is 21.7 Å². The molecule has 2 nitrogen and oxygen atoms in total. The van der Waals surface area contributed by atoms with Crippen molar-refractivity contribution in [2.24, 2.45) is 11.8 Å². The Morgan fingerprint density at radius 2 is 1.50 bits per heavy atom. The first-order valence-electron chi connectivity index (χ1n) is 14.2. The summed E-state index contributed by atoms with van der Waals surface area (Å²) in [5, 5.41) is 2.38. The molecule has 0 aliphatic heterocycles. The van der Waals surface area contributed by atoms with Gasteiger partial charge >= 0.3 is 0 Å². The van der Waals surface area contributed by atoms with Crippen LogP contribution in [0, 0.1) is 17.7 Å². The minimum absolute atomic E-state index is 0.185. The van der Waals surface area contributed by atoms with E-state index in [9.17, 15) is 4.39 Å². The Morgan fingerprint density at radius 3 is 2.17 bits per heavy atom. The molecule has 0 saturated heterocycles. The molecule has 0 N–H and O–H groups in total. The minimum atomic E-state index is -0.185. The standard InChI is InChI=1S/C36H39FNOP/c1-38(2)25-32-24-33(37)18-19-34(32)40-35-23-30(20-27-12-6-3-7-13-27)22-31(21-28-14-8-4-9-15-28)36(35)39-26-29-16-10-5-11-17-29/h3-12,14,16-19,22-24,27-28,40H,13,15,20-21,25-26H2,1-2H3. The lowest BCUT2D eigenvalue weighted by molar-refractivity contribution is 0.304. The highest BCUT2D eigenvalue weighted by molar-refractivity contribution is 7.55. The number of halogens is 1. The predicted octanol–water partition coefficient (Wildman–Crippen LogP) is 7.45. The summed E-state index contributed by atoms with van der Waals surface area (Å²) in [6.07, 6.45) is 21.8. The lowest BCUT2D eigenvalue weighted by atomic mass is 9.89. The molecular weight excluding hydrogens is 512 g/mol. The summed E-state index contributed by atoms with van der Waals surface area (Å²) in [6, 6.07) is 20.4. The van der Waals surface area contributed by atoms with Crippen molar-refractivity contribution in [3.8, 4) is 5.75 Å². The van der Waals surface area contributed by atoms with Gasteiger partial charge in [-0.1, -0.05) is 99.7 Å². The van der Waals surface area contributed by atoms with Crippen LogP contribution in [-0.2, 0) is 26.0 Å². The van der Waals surface area contributed by atoms with E-state index in [0.717, 1.165) is 42.6 Å². The fraction of sp³-hybridized carbons (Fsp3) is 0.278. The smallest absolute Gasteiger partial charge is 0.130 e. The maximum Gasteiger partial charge on any atom is 0.130 e. The van der Waals surface area contributed by atoms with Gasteiger partial charge in [0.1, 0.15) is 18.2 Å². The average Bonchev–Trinajstić information content (AvgIpc) is 2.95. The van der Waals surface area contributed by atoms with E-state index in [2.05, 4.69) is 89.9 Å². The lowest BCUT2D eigenvalue weighted by Gasteiger charge is -2.23. The summed E-state index contributed by atoms with van der Waals surface area (Å²) in [5.41, 5.74) is 4.81. The van der Waals surface area contributed by atoms with Gasteiger partial charge in [0, 0.05) is 11.8 Å². The first-order chi connectivity index (χ1) is 19.5. The van der Waals surface area contributed by atoms with Gasteiger partial charge in [0.2, 0.25) is 0 Å². The quantitative estimate of drug-likeness (QED) is 0.230. The number of allylic oxidation sites excluding steroid dienone is 8. The molecule has 2 aliphatic carbocycles. The molecule has 2 aliphatic rings. The molecule has 0 amide bonds. The van der Waals surface area contributed by atoms with Crippen LogP contribution in [0.4, 0.5) is 4.39 Å². The Bertz CT molecular complexity index is 1410. The van der Waals surface area contributed by atoms with Gasteiger partial charge < -0.3 is 9.64 Å². The molecule has 3 aromatic carbocycles. The van der Waals surface area contributed by atoms with Gasteiger partial charge in [-0.15, -0.1) is 0 Å². The van der Waals surface area contributed by atoms with Gasteiger partial charge in [0.25, 0.3) is 0 Å². The van der Waals surface area contributed by atoms with Crippen LogP contribution in [0.2, 0.25) is 0 Å². The molecule has 4 heteroatoms. The normalized spacial score (nSPS) is 18.3. The second-order valence-corrected chi connectivity index (χ2v) is 12.4. The van der Waals surface area contributed by atoms with Crippen molar-refractivity contribution in [2.45, 2.75) is 38.8 Å². The highest BCUT2D eigenvalue weighted by Crippen LogP contribution is 2.32. The maximum atomic E-state index is 14.3. The molecule has 0 radical (unpaired) electrons. The van der Waals surface area contributed by atoms with E-state index < -0.39 is 0 Å². The Kier molecular flexibility index (Phi) is 9.81. The molecule has 0 saturated carbocycles. The molecule has 40 heavy (non-hydrogen) atoms. The summed E-state index contributed by atoms with van der Waals surface area (Å²) in [6.45, 7) is 1.22.